The molecule has 0 spiro atoms. The Morgan fingerprint density at radius 2 is 0.315 bits per heavy atom. The van der Waals surface area contributed by atoms with E-state index in [0.717, 1.165) is 49.8 Å². The summed E-state index contributed by atoms with van der Waals surface area (Å²) < 4.78 is 146. The lowest BCUT2D eigenvalue weighted by molar-refractivity contribution is -0.402. The van der Waals surface area contributed by atoms with Crippen molar-refractivity contribution in [1.82, 2.24) is 0 Å². The Balaban J connectivity index is 0.818. The van der Waals surface area contributed by atoms with E-state index in [2.05, 4.69) is 0 Å². The van der Waals surface area contributed by atoms with Gasteiger partial charge in [0.05, 0.1) is 59.5 Å². The van der Waals surface area contributed by atoms with E-state index in [4.69, 9.17) is 118 Å². The predicted molar refractivity (Wildman–Crippen MR) is 335 cm³/mol. The molecule has 9 heterocycles. The summed E-state index contributed by atoms with van der Waals surface area (Å²) in [6.07, 6.45) is -74.3. The zero-order chi connectivity index (χ0) is 79.0. The minimum absolute atomic E-state index is 0.744. The number of hydrogen-bond acceptors (Lipinski definition) is 46. The molecule has 21 N–H and O–H groups in total. The summed E-state index contributed by atoms with van der Waals surface area (Å²) in [5, 5.41) is 230. The van der Waals surface area contributed by atoms with Crippen molar-refractivity contribution in [3.8, 4) is 0 Å². The van der Waals surface area contributed by atoms with Gasteiger partial charge in [-0.3, -0.25) is 0 Å². The van der Waals surface area contributed by atoms with Crippen molar-refractivity contribution in [2.75, 3.05) is 116 Å². The first-order chi connectivity index (χ1) is 51.8. The van der Waals surface area contributed by atoms with Gasteiger partial charge in [-0.15, -0.1) is 0 Å². The number of hydrogen-bond donors (Lipinski definition) is 21. The lowest BCUT2D eigenvalue weighted by Gasteiger charge is -2.51. The molecule has 0 radical (unpaired) electrons. The van der Waals surface area contributed by atoms with Crippen molar-refractivity contribution < 1.29 is 226 Å². The molecule has 108 heavy (non-hydrogen) atoms. The summed E-state index contributed by atoms with van der Waals surface area (Å²) in [5.74, 6) is 0. The minimum Gasteiger partial charge on any atom is -0.394 e. The highest BCUT2D eigenvalue weighted by atomic mass is 16.8. The van der Waals surface area contributed by atoms with Gasteiger partial charge in [0.25, 0.3) is 0 Å². The SMILES string of the molecule is CO[C@@H]1[C@H](O)[C@@H](O[C@H]2[C@H](OC)[C@H](O)[C@@H](O[C@H]3[C@H](OC)[C@H](O)[C@@H](O[C@H]4[C@H](OC)[C@H](O)[C@@H](O[C@H]5[C@H](OC)[C@H](O)[C@@H](O[C@H]6[C@H](OC)[C@H](O)[C@@H](O[C@H]7[C@H](OC)[C@H](O)[C@@H](O[C@H]8[C@H](OC)[C@H](O)[C@@H](O)O[C@@H]8CO)O[C@@H]7CO)O[C@@H]6CO)O[C@@H]5CO)O[C@@H]4CO)O[C@@H]3CO)O[C@@H]2CO)O[C@H](CO)[C@H]1O[C@H]1O[C@H](CO)[C@@H](O)[C@H](O)[C@@H]1O. The third-order valence-corrected chi connectivity index (χ3v) is 20.7. The van der Waals surface area contributed by atoms with E-state index in [1.165, 1.54) is 7.11 Å². The highest BCUT2D eigenvalue weighted by molar-refractivity contribution is 5.04. The first kappa shape index (κ1) is 90.1. The van der Waals surface area contributed by atoms with Gasteiger partial charge in [-0.05, 0) is 0 Å². The maximum Gasteiger partial charge on any atom is 0.187 e. The van der Waals surface area contributed by atoms with Crippen LogP contribution < -0.4 is 0 Å². The molecule has 9 aliphatic heterocycles. The highest BCUT2D eigenvalue weighted by Crippen LogP contribution is 2.42. The predicted octanol–water partition coefficient (Wildman–Crippen LogP) is -15.4. The Labute approximate surface area is 616 Å². The molecule has 9 saturated heterocycles. The summed E-state index contributed by atoms with van der Waals surface area (Å²) in [5.41, 5.74) is 0. The van der Waals surface area contributed by atoms with Crippen LogP contribution in [0.25, 0.3) is 0 Å². The largest absolute Gasteiger partial charge is 0.394 e. The second-order valence-corrected chi connectivity index (χ2v) is 26.9. The Morgan fingerprint density at radius 1 is 0.167 bits per heavy atom. The van der Waals surface area contributed by atoms with Gasteiger partial charge in [-0.25, -0.2) is 0 Å². The summed E-state index contributed by atoms with van der Waals surface area (Å²) in [6, 6.07) is 0. The van der Waals surface area contributed by atoms with Crippen LogP contribution in [0.5, 0.6) is 0 Å². The second kappa shape index (κ2) is 40.8. The van der Waals surface area contributed by atoms with Crippen molar-refractivity contribution in [3.63, 3.8) is 0 Å². The lowest BCUT2D eigenvalue weighted by atomic mass is 9.94. The fourth-order valence-electron chi connectivity index (χ4n) is 15.0. The normalized spacial score (nSPS) is 50.6. The molecule has 0 aliphatic carbocycles. The Morgan fingerprint density at radius 3 is 0.481 bits per heavy atom. The van der Waals surface area contributed by atoms with E-state index in [1.54, 1.807) is 0 Å². The van der Waals surface area contributed by atoms with Crippen LogP contribution >= 0.6 is 0 Å². The van der Waals surface area contributed by atoms with E-state index < -0.39 is 336 Å². The van der Waals surface area contributed by atoms with E-state index in [-0.39, 0.29) is 0 Å². The van der Waals surface area contributed by atoms with Crippen LogP contribution in [0.4, 0.5) is 0 Å². The van der Waals surface area contributed by atoms with E-state index in [1.807, 2.05) is 0 Å². The molecule has 9 aliphatic rings. The summed E-state index contributed by atoms with van der Waals surface area (Å²) >= 11 is 0. The molecule has 0 aromatic carbocycles. The molecule has 9 rings (SSSR count). The molecule has 0 aromatic rings. The molecule has 0 bridgehead atoms. The maximum atomic E-state index is 12.0. The maximum absolute atomic E-state index is 12.0. The molecule has 46 heteroatoms. The van der Waals surface area contributed by atoms with Gasteiger partial charge in [-0.2, -0.15) is 0 Å². The van der Waals surface area contributed by atoms with Gasteiger partial charge in [0.15, 0.2) is 56.6 Å². The summed E-state index contributed by atoms with van der Waals surface area (Å²) in [4.78, 5) is 0. The number of ether oxygens (including phenoxy) is 25. The van der Waals surface area contributed by atoms with Crippen molar-refractivity contribution in [3.05, 3.63) is 0 Å². The first-order valence-electron chi connectivity index (χ1n) is 34.8. The molecular weight excluding hydrogens is 1480 g/mol. The number of rotatable bonds is 33. The van der Waals surface area contributed by atoms with Crippen LogP contribution in [0.1, 0.15) is 0 Å². The van der Waals surface area contributed by atoms with Crippen molar-refractivity contribution in [2.45, 2.75) is 276 Å². The molecular formula is C62H108O46. The van der Waals surface area contributed by atoms with Gasteiger partial charge in [-0.1, -0.05) is 0 Å². The third-order valence-electron chi connectivity index (χ3n) is 20.7. The van der Waals surface area contributed by atoms with Gasteiger partial charge < -0.3 is 226 Å². The zero-order valence-corrected chi connectivity index (χ0v) is 59.9. The zero-order valence-electron chi connectivity index (χ0n) is 59.9. The molecule has 0 saturated carbocycles. The van der Waals surface area contributed by atoms with Gasteiger partial charge in [0, 0.05) is 56.9 Å². The molecule has 0 unspecified atom stereocenters. The standard InChI is InChI=1S/C62H108O46/c1-84-46-30(75)54(83)92-19(10-64)38(46)102-56-32(77)48(86-3)40(21(12-66)95-56)104-58-34(79)50(88-5)42(23(14-68)97-58)106-60-36(81)52(90-7)44(25(16-70)99-60)108-62-37(82)53(91-8)45(26(17-71)100-62)107-61-35(80)51(89-6)43(24(15-69)98-61)105-59-33(78)49(87-4)41(22(13-67)96-59)103-57-31(76)47(85-2)39(20(11-65)94-57)101-55-29(74)28(73)27(72)18(9-63)93-55/h18-83H,9-17H2,1-8H3/t18-,19-,20-,21-,22-,23-,24-,25-,26-,27-,28+,29+,30+,31+,32+,33+,34+,35+,36+,37+,38-,39-,40-,41-,42-,43-,44-,45-,46-,47-,48-,49-,50-,51-,52-,53-,54+,55-,56-,57-,58-,59-,60-,61-,62-/m1/s1. The van der Waals surface area contributed by atoms with Gasteiger partial charge >= 0.3 is 0 Å². The van der Waals surface area contributed by atoms with Gasteiger partial charge in [0.1, 0.15) is 220 Å². The summed E-state index contributed by atoms with van der Waals surface area (Å²) in [6.45, 7) is -7.82. The minimum atomic E-state index is -1.93. The smallest absolute Gasteiger partial charge is 0.187 e. The second-order valence-electron chi connectivity index (χ2n) is 26.9. The van der Waals surface area contributed by atoms with Crippen LogP contribution in [0.3, 0.4) is 0 Å². The van der Waals surface area contributed by atoms with E-state index in [9.17, 15) is 107 Å². The van der Waals surface area contributed by atoms with Crippen LogP contribution in [-0.2, 0) is 118 Å². The Bertz CT molecular complexity index is 2610. The Hall–Kier alpha value is -1.84. The molecule has 632 valence electrons. The van der Waals surface area contributed by atoms with Crippen LogP contribution in [0.2, 0.25) is 0 Å². The average Bonchev–Trinajstić information content (AvgIpc) is 0.769. The van der Waals surface area contributed by atoms with Crippen LogP contribution in [0, 0.1) is 0 Å². The number of aliphatic hydroxyl groups is 21. The van der Waals surface area contributed by atoms with Crippen molar-refractivity contribution in [2.24, 2.45) is 0 Å². The van der Waals surface area contributed by atoms with Crippen molar-refractivity contribution >= 4 is 0 Å². The van der Waals surface area contributed by atoms with E-state index >= 15 is 0 Å². The fourth-order valence-corrected chi connectivity index (χ4v) is 15.0. The topological polar surface area (TPSA) is 656 Å². The third kappa shape index (κ3) is 18.6. The lowest BCUT2D eigenvalue weighted by Crippen LogP contribution is -2.69. The van der Waals surface area contributed by atoms with Crippen LogP contribution in [0.15, 0.2) is 0 Å². The Kier molecular flexibility index (Phi) is 34.1. The van der Waals surface area contributed by atoms with Gasteiger partial charge in [0.2, 0.25) is 0 Å². The molecule has 45 atom stereocenters. The summed E-state index contributed by atoms with van der Waals surface area (Å²) in [7, 11) is 9.17. The fraction of sp³-hybridized carbons (Fsp3) is 1.00. The molecule has 46 nitrogen and oxygen atoms in total. The first-order valence-corrected chi connectivity index (χ1v) is 34.8. The quantitative estimate of drug-likeness (QED) is 0.0290. The monoisotopic (exact) mass is 1590 g/mol. The van der Waals surface area contributed by atoms with Crippen LogP contribution in [-0.4, -0.2) is 500 Å². The highest BCUT2D eigenvalue weighted by Gasteiger charge is 2.62. The molecule has 0 aromatic heterocycles. The average molecular weight is 1590 g/mol. The number of aliphatic hydroxyl groups excluding tert-OH is 21. The molecule has 9 fully saturated rings. The molecule has 0 amide bonds. The number of methoxy groups -OCH3 is 8. The van der Waals surface area contributed by atoms with E-state index in [0.29, 0.717) is 0 Å². The van der Waals surface area contributed by atoms with Crippen molar-refractivity contribution in [1.29, 1.82) is 0 Å².